The number of rotatable bonds is 3. The first-order valence-corrected chi connectivity index (χ1v) is 4.05. The molecule has 1 rings (SSSR count). The van der Waals surface area contributed by atoms with E-state index in [1.54, 1.807) is 6.20 Å². The Morgan fingerprint density at radius 2 is 2.62 bits per heavy atom. The predicted molar refractivity (Wildman–Crippen MR) is 48.9 cm³/mol. The molecule has 0 radical (unpaired) electrons. The fourth-order valence-corrected chi connectivity index (χ4v) is 1.18. The van der Waals surface area contributed by atoms with Gasteiger partial charge in [-0.1, -0.05) is 6.92 Å². The number of nitrogens with zero attached hydrogens (tertiary/aromatic N) is 2. The number of hydrogen-bond donors (Lipinski definition) is 2. The first-order chi connectivity index (χ1) is 6.09. The number of aliphatic carboxylic acids is 1. The van der Waals surface area contributed by atoms with Crippen molar-refractivity contribution in [3.8, 4) is 0 Å². The first-order valence-electron chi connectivity index (χ1n) is 4.05. The van der Waals surface area contributed by atoms with Crippen LogP contribution in [-0.4, -0.2) is 29.0 Å². The van der Waals surface area contributed by atoms with Crippen LogP contribution in [-0.2, 0) is 4.79 Å². The van der Waals surface area contributed by atoms with Crippen LogP contribution in [0.5, 0.6) is 0 Å². The number of aliphatic imine (C=N–C) groups is 1. The van der Waals surface area contributed by atoms with Gasteiger partial charge in [0.1, 0.15) is 6.34 Å². The third-order valence-corrected chi connectivity index (χ3v) is 1.93. The molecule has 1 heterocycles. The highest BCUT2D eigenvalue weighted by Gasteiger charge is 2.15. The van der Waals surface area contributed by atoms with Gasteiger partial charge in [0.05, 0.1) is 13.0 Å². The van der Waals surface area contributed by atoms with Crippen molar-refractivity contribution >= 4 is 12.3 Å². The van der Waals surface area contributed by atoms with E-state index in [1.807, 2.05) is 6.92 Å². The molecule has 0 spiro atoms. The van der Waals surface area contributed by atoms with Crippen LogP contribution < -0.4 is 5.84 Å². The molecular weight excluding hydrogens is 170 g/mol. The van der Waals surface area contributed by atoms with Crippen LogP contribution in [0.3, 0.4) is 0 Å². The largest absolute Gasteiger partial charge is 0.481 e. The van der Waals surface area contributed by atoms with Gasteiger partial charge in [0.25, 0.3) is 0 Å². The summed E-state index contributed by atoms with van der Waals surface area (Å²) in [7, 11) is 0. The minimum atomic E-state index is -0.800. The molecule has 0 aliphatic carbocycles. The lowest BCUT2D eigenvalue weighted by Gasteiger charge is -2.21. The highest BCUT2D eigenvalue weighted by molar-refractivity contribution is 5.67. The van der Waals surface area contributed by atoms with E-state index < -0.39 is 5.97 Å². The molecule has 0 aromatic rings. The maximum absolute atomic E-state index is 10.4. The number of nitrogens with two attached hydrogens (primary N) is 1. The second-order valence-corrected chi connectivity index (χ2v) is 3.14. The summed E-state index contributed by atoms with van der Waals surface area (Å²) in [6, 6.07) is 0. The quantitative estimate of drug-likeness (QED) is 0.612. The number of carboxylic acids is 1. The van der Waals surface area contributed by atoms with E-state index in [2.05, 4.69) is 4.99 Å². The molecule has 1 atom stereocenters. The molecule has 72 valence electrons. The predicted octanol–water partition coefficient (Wildman–Crippen LogP) is 0.199. The Kier molecular flexibility index (Phi) is 3.02. The summed E-state index contributed by atoms with van der Waals surface area (Å²) in [5.41, 5.74) is 0.951. The van der Waals surface area contributed by atoms with E-state index in [4.69, 9.17) is 10.9 Å². The molecule has 0 aromatic carbocycles. The van der Waals surface area contributed by atoms with Crippen molar-refractivity contribution in [3.05, 3.63) is 11.8 Å². The molecule has 0 bridgehead atoms. The maximum Gasteiger partial charge on any atom is 0.303 e. The molecule has 5 heteroatoms. The number of hydrogen-bond acceptors (Lipinski definition) is 4. The van der Waals surface area contributed by atoms with Crippen LogP contribution in [0.15, 0.2) is 16.8 Å². The standard InChI is InChI=1S/C8H13N3O2/c1-6(2-8(12)13)7-3-10-5-11(9)4-7/h3,5-6H,2,4,9H2,1H3,(H,12,13)/t6-/m0/s1. The zero-order chi connectivity index (χ0) is 9.84. The summed E-state index contributed by atoms with van der Waals surface area (Å²) in [6.45, 7) is 2.41. The van der Waals surface area contributed by atoms with E-state index >= 15 is 0 Å². The Bertz CT molecular complexity index is 260. The molecule has 0 saturated carbocycles. The molecular formula is C8H13N3O2. The lowest BCUT2D eigenvalue weighted by atomic mass is 9.98. The topological polar surface area (TPSA) is 78.9 Å². The Morgan fingerprint density at radius 1 is 1.92 bits per heavy atom. The number of hydrazine groups is 1. The van der Waals surface area contributed by atoms with Crippen LogP contribution in [0.25, 0.3) is 0 Å². The SMILES string of the molecule is C[C@@H](CC(=O)O)C1=CN=CN(N)C1. The molecule has 5 nitrogen and oxygen atoms in total. The van der Waals surface area contributed by atoms with Gasteiger partial charge < -0.3 is 5.11 Å². The molecule has 3 N–H and O–H groups in total. The Hall–Kier alpha value is -1.36. The van der Waals surface area contributed by atoms with Crippen molar-refractivity contribution < 1.29 is 9.90 Å². The van der Waals surface area contributed by atoms with Gasteiger partial charge in [-0.15, -0.1) is 0 Å². The second-order valence-electron chi connectivity index (χ2n) is 3.14. The molecule has 0 unspecified atom stereocenters. The van der Waals surface area contributed by atoms with Crippen LogP contribution in [0.2, 0.25) is 0 Å². The van der Waals surface area contributed by atoms with Gasteiger partial charge in [-0.25, -0.2) is 10.8 Å². The van der Waals surface area contributed by atoms with Crippen LogP contribution >= 0.6 is 0 Å². The van der Waals surface area contributed by atoms with Gasteiger partial charge in [-0.3, -0.25) is 9.80 Å². The molecule has 13 heavy (non-hydrogen) atoms. The van der Waals surface area contributed by atoms with Crippen molar-refractivity contribution in [2.24, 2.45) is 16.8 Å². The van der Waals surface area contributed by atoms with Crippen molar-refractivity contribution in [1.82, 2.24) is 5.01 Å². The maximum atomic E-state index is 10.4. The van der Waals surface area contributed by atoms with Gasteiger partial charge in [-0.05, 0) is 11.5 Å². The number of carbonyl (C=O) groups is 1. The average Bonchev–Trinajstić information content (AvgIpc) is 2.03. The lowest BCUT2D eigenvalue weighted by Crippen LogP contribution is -2.34. The highest BCUT2D eigenvalue weighted by atomic mass is 16.4. The molecule has 1 aliphatic rings. The van der Waals surface area contributed by atoms with Gasteiger partial charge in [0.15, 0.2) is 0 Å². The first kappa shape index (κ1) is 9.73. The Morgan fingerprint density at radius 3 is 3.15 bits per heavy atom. The zero-order valence-corrected chi connectivity index (χ0v) is 7.47. The second kappa shape index (κ2) is 4.04. The van der Waals surface area contributed by atoms with Gasteiger partial charge >= 0.3 is 5.97 Å². The zero-order valence-electron chi connectivity index (χ0n) is 7.47. The summed E-state index contributed by atoms with van der Waals surface area (Å²) < 4.78 is 0. The smallest absolute Gasteiger partial charge is 0.303 e. The van der Waals surface area contributed by atoms with E-state index in [-0.39, 0.29) is 12.3 Å². The minimum Gasteiger partial charge on any atom is -0.481 e. The molecule has 0 amide bonds. The summed E-state index contributed by atoms with van der Waals surface area (Å²) in [4.78, 5) is 14.3. The fraction of sp³-hybridized carbons (Fsp3) is 0.500. The summed E-state index contributed by atoms with van der Waals surface area (Å²) in [5.74, 6) is 4.68. The van der Waals surface area contributed by atoms with E-state index in [1.165, 1.54) is 11.3 Å². The van der Waals surface area contributed by atoms with Crippen molar-refractivity contribution in [2.45, 2.75) is 13.3 Å². The van der Waals surface area contributed by atoms with Crippen molar-refractivity contribution in [2.75, 3.05) is 6.54 Å². The summed E-state index contributed by atoms with van der Waals surface area (Å²) in [5, 5.41) is 10.0. The average molecular weight is 183 g/mol. The summed E-state index contributed by atoms with van der Waals surface area (Å²) in [6.07, 6.45) is 3.31. The van der Waals surface area contributed by atoms with E-state index in [0.29, 0.717) is 6.54 Å². The summed E-state index contributed by atoms with van der Waals surface area (Å²) >= 11 is 0. The molecule has 1 aliphatic heterocycles. The van der Waals surface area contributed by atoms with Crippen LogP contribution in [0.4, 0.5) is 0 Å². The van der Waals surface area contributed by atoms with Crippen LogP contribution in [0.1, 0.15) is 13.3 Å². The van der Waals surface area contributed by atoms with E-state index in [0.717, 1.165) is 5.57 Å². The normalized spacial score (nSPS) is 18.3. The van der Waals surface area contributed by atoms with Gasteiger partial charge in [0.2, 0.25) is 0 Å². The minimum absolute atomic E-state index is 0.0130. The Labute approximate surface area is 76.5 Å². The highest BCUT2D eigenvalue weighted by Crippen LogP contribution is 2.16. The molecule has 0 saturated heterocycles. The van der Waals surface area contributed by atoms with E-state index in [9.17, 15) is 4.79 Å². The van der Waals surface area contributed by atoms with Crippen molar-refractivity contribution in [3.63, 3.8) is 0 Å². The number of carboxylic acid groups (broad SMARTS) is 1. The van der Waals surface area contributed by atoms with Crippen LogP contribution in [0, 0.1) is 5.92 Å². The lowest BCUT2D eigenvalue weighted by molar-refractivity contribution is -0.137. The monoisotopic (exact) mass is 183 g/mol. The molecule has 0 fully saturated rings. The third kappa shape index (κ3) is 2.87. The Balaban J connectivity index is 2.56. The van der Waals surface area contributed by atoms with Gasteiger partial charge in [0, 0.05) is 6.20 Å². The van der Waals surface area contributed by atoms with Crippen molar-refractivity contribution in [1.29, 1.82) is 0 Å². The fourth-order valence-electron chi connectivity index (χ4n) is 1.18. The third-order valence-electron chi connectivity index (χ3n) is 1.93. The molecule has 0 aromatic heterocycles. The van der Waals surface area contributed by atoms with Gasteiger partial charge in [-0.2, -0.15) is 0 Å².